The molecule has 0 aromatic rings. The molecule has 0 rings (SSSR count). The fraction of sp³-hybridized carbons (Fsp3) is 1.00. The fourth-order valence-corrected chi connectivity index (χ4v) is 1.55. The molecule has 0 aliphatic heterocycles. The molecule has 92 valence electrons. The van der Waals surface area contributed by atoms with Gasteiger partial charge in [0.05, 0.1) is 13.2 Å². The summed E-state index contributed by atoms with van der Waals surface area (Å²) < 4.78 is 10.2. The first-order valence-corrected chi connectivity index (χ1v) is 5.64. The first-order valence-electron chi connectivity index (χ1n) is 5.64. The Kier molecular flexibility index (Phi) is 9.00. The van der Waals surface area contributed by atoms with Gasteiger partial charge in [-0.05, 0) is 13.3 Å². The summed E-state index contributed by atoms with van der Waals surface area (Å²) in [4.78, 5) is 2.32. The van der Waals surface area contributed by atoms with E-state index in [9.17, 15) is 0 Å². The van der Waals surface area contributed by atoms with E-state index in [1.54, 1.807) is 14.2 Å². The van der Waals surface area contributed by atoms with Crippen LogP contribution in [-0.4, -0.2) is 57.5 Å². The Morgan fingerprint density at radius 3 is 1.93 bits per heavy atom. The maximum absolute atomic E-state index is 6.04. The Hall–Kier alpha value is -0.160. The highest BCUT2D eigenvalue weighted by Crippen LogP contribution is 2.05. The maximum atomic E-state index is 6.04. The Morgan fingerprint density at radius 2 is 1.60 bits per heavy atom. The first-order chi connectivity index (χ1) is 7.17. The maximum Gasteiger partial charge on any atom is 0.0589 e. The third-order valence-electron chi connectivity index (χ3n) is 2.83. The van der Waals surface area contributed by atoms with Crippen molar-refractivity contribution in [1.29, 1.82) is 0 Å². The van der Waals surface area contributed by atoms with Crippen molar-refractivity contribution in [3.05, 3.63) is 0 Å². The predicted octanol–water partition coefficient (Wildman–Crippen LogP) is 0.707. The van der Waals surface area contributed by atoms with Crippen LogP contribution in [0.5, 0.6) is 0 Å². The van der Waals surface area contributed by atoms with Crippen LogP contribution in [0.25, 0.3) is 0 Å². The molecule has 2 N–H and O–H groups in total. The summed E-state index contributed by atoms with van der Waals surface area (Å²) in [7, 11) is 3.44. The number of nitrogens with two attached hydrogens (primary N) is 1. The largest absolute Gasteiger partial charge is 0.383 e. The summed E-state index contributed by atoms with van der Waals surface area (Å²) in [6, 6.07) is 0.596. The molecular formula is C11H26N2O2. The van der Waals surface area contributed by atoms with E-state index in [-0.39, 0.29) is 6.04 Å². The van der Waals surface area contributed by atoms with Gasteiger partial charge in [-0.3, -0.25) is 4.90 Å². The molecule has 0 heterocycles. The number of nitrogens with zero attached hydrogens (tertiary/aromatic N) is 1. The predicted molar refractivity (Wildman–Crippen MR) is 63.1 cm³/mol. The van der Waals surface area contributed by atoms with E-state index in [0.717, 1.165) is 32.7 Å². The van der Waals surface area contributed by atoms with E-state index < -0.39 is 0 Å². The summed E-state index contributed by atoms with van der Waals surface area (Å²) in [5.74, 6) is 0. The average molecular weight is 218 g/mol. The molecule has 0 amide bonds. The third kappa shape index (κ3) is 6.10. The molecule has 0 radical (unpaired) electrons. The minimum atomic E-state index is 0.221. The van der Waals surface area contributed by atoms with Crippen LogP contribution in [0, 0.1) is 0 Å². The van der Waals surface area contributed by atoms with Crippen molar-refractivity contribution in [2.75, 3.05) is 40.5 Å². The van der Waals surface area contributed by atoms with Crippen LogP contribution in [0.1, 0.15) is 20.3 Å². The zero-order valence-corrected chi connectivity index (χ0v) is 10.5. The van der Waals surface area contributed by atoms with E-state index in [0.29, 0.717) is 6.04 Å². The smallest absolute Gasteiger partial charge is 0.0589 e. The van der Waals surface area contributed by atoms with E-state index in [4.69, 9.17) is 15.2 Å². The van der Waals surface area contributed by atoms with Crippen molar-refractivity contribution in [2.45, 2.75) is 32.4 Å². The van der Waals surface area contributed by atoms with Gasteiger partial charge in [0.2, 0.25) is 0 Å². The molecule has 0 saturated carbocycles. The van der Waals surface area contributed by atoms with Crippen LogP contribution in [0.4, 0.5) is 0 Å². The highest BCUT2D eigenvalue weighted by Gasteiger charge is 2.18. The second-order valence-electron chi connectivity index (χ2n) is 3.83. The normalized spacial score (nSPS) is 15.6. The van der Waals surface area contributed by atoms with Crippen LogP contribution >= 0.6 is 0 Å². The molecule has 4 heteroatoms. The lowest BCUT2D eigenvalue weighted by molar-refractivity contribution is 0.0837. The average Bonchev–Trinajstić information content (AvgIpc) is 2.27. The molecule has 0 fully saturated rings. The van der Waals surface area contributed by atoms with Crippen molar-refractivity contribution in [1.82, 2.24) is 4.90 Å². The minimum absolute atomic E-state index is 0.221. The summed E-state index contributed by atoms with van der Waals surface area (Å²) in [5, 5.41) is 0. The molecule has 2 atom stereocenters. The zero-order chi connectivity index (χ0) is 11.7. The SMILES string of the molecule is CCC(N)C(C)N(CCOC)CCOC. The molecule has 0 saturated heterocycles. The van der Waals surface area contributed by atoms with Crippen LogP contribution in [0.3, 0.4) is 0 Å². The zero-order valence-electron chi connectivity index (χ0n) is 10.5. The third-order valence-corrected chi connectivity index (χ3v) is 2.83. The topological polar surface area (TPSA) is 47.7 Å². The molecule has 2 unspecified atom stereocenters. The Morgan fingerprint density at radius 1 is 1.13 bits per heavy atom. The summed E-state index contributed by atoms with van der Waals surface area (Å²) in [6.45, 7) is 7.59. The van der Waals surface area contributed by atoms with E-state index >= 15 is 0 Å². The first kappa shape index (κ1) is 14.8. The lowest BCUT2D eigenvalue weighted by atomic mass is 10.1. The van der Waals surface area contributed by atoms with Crippen molar-refractivity contribution in [3.8, 4) is 0 Å². The number of rotatable bonds is 9. The summed E-state index contributed by atoms with van der Waals surface area (Å²) >= 11 is 0. The molecular weight excluding hydrogens is 192 g/mol. The van der Waals surface area contributed by atoms with E-state index in [1.807, 2.05) is 0 Å². The quantitative estimate of drug-likeness (QED) is 0.619. The molecule has 0 aromatic heterocycles. The van der Waals surface area contributed by atoms with Crippen LogP contribution in [0.2, 0.25) is 0 Å². The molecule has 4 nitrogen and oxygen atoms in total. The van der Waals surface area contributed by atoms with Gasteiger partial charge in [0.25, 0.3) is 0 Å². The molecule has 0 spiro atoms. The van der Waals surface area contributed by atoms with Gasteiger partial charge in [-0.2, -0.15) is 0 Å². The van der Waals surface area contributed by atoms with Crippen molar-refractivity contribution < 1.29 is 9.47 Å². The number of hydrogen-bond donors (Lipinski definition) is 1. The van der Waals surface area contributed by atoms with Crippen LogP contribution in [0.15, 0.2) is 0 Å². The monoisotopic (exact) mass is 218 g/mol. The van der Waals surface area contributed by atoms with Crippen molar-refractivity contribution >= 4 is 0 Å². The standard InChI is InChI=1S/C11H26N2O2/c1-5-11(12)10(2)13(6-8-14-3)7-9-15-4/h10-11H,5-9,12H2,1-4H3. The molecule has 15 heavy (non-hydrogen) atoms. The van der Waals surface area contributed by atoms with Gasteiger partial charge in [-0.25, -0.2) is 0 Å². The van der Waals surface area contributed by atoms with Gasteiger partial charge in [-0.15, -0.1) is 0 Å². The number of ether oxygens (including phenoxy) is 2. The van der Waals surface area contributed by atoms with Gasteiger partial charge in [0.15, 0.2) is 0 Å². The van der Waals surface area contributed by atoms with Crippen LogP contribution < -0.4 is 5.73 Å². The second-order valence-corrected chi connectivity index (χ2v) is 3.83. The van der Waals surface area contributed by atoms with Crippen molar-refractivity contribution in [2.24, 2.45) is 5.73 Å². The van der Waals surface area contributed by atoms with E-state index in [1.165, 1.54) is 0 Å². The highest BCUT2D eigenvalue weighted by molar-refractivity contribution is 4.77. The fourth-order valence-electron chi connectivity index (χ4n) is 1.55. The number of hydrogen-bond acceptors (Lipinski definition) is 4. The molecule has 0 aliphatic rings. The van der Waals surface area contributed by atoms with Gasteiger partial charge < -0.3 is 15.2 Å². The summed E-state index contributed by atoms with van der Waals surface area (Å²) in [6.07, 6.45) is 0.998. The van der Waals surface area contributed by atoms with Gasteiger partial charge >= 0.3 is 0 Å². The number of methoxy groups -OCH3 is 2. The second kappa shape index (κ2) is 9.09. The lowest BCUT2D eigenvalue weighted by Gasteiger charge is -2.32. The van der Waals surface area contributed by atoms with Crippen LogP contribution in [-0.2, 0) is 9.47 Å². The van der Waals surface area contributed by atoms with Gasteiger partial charge in [0, 0.05) is 39.4 Å². The van der Waals surface area contributed by atoms with Crippen molar-refractivity contribution in [3.63, 3.8) is 0 Å². The Labute approximate surface area is 93.7 Å². The lowest BCUT2D eigenvalue weighted by Crippen LogP contribution is -2.48. The summed E-state index contributed by atoms with van der Waals surface area (Å²) in [5.41, 5.74) is 6.04. The Balaban J connectivity index is 4.06. The molecule has 0 aromatic carbocycles. The highest BCUT2D eigenvalue weighted by atomic mass is 16.5. The van der Waals surface area contributed by atoms with E-state index in [2.05, 4.69) is 18.7 Å². The molecule has 0 aliphatic carbocycles. The van der Waals surface area contributed by atoms with Gasteiger partial charge in [-0.1, -0.05) is 6.92 Å². The molecule has 0 bridgehead atoms. The van der Waals surface area contributed by atoms with Gasteiger partial charge in [0.1, 0.15) is 0 Å². The Bertz CT molecular complexity index is 137. The minimum Gasteiger partial charge on any atom is -0.383 e.